The number of nitrogens with zero attached hydrogens (tertiary/aromatic N) is 2. The summed E-state index contributed by atoms with van der Waals surface area (Å²) < 4.78 is 6.54. The molecule has 1 atom stereocenters. The van der Waals surface area contributed by atoms with Gasteiger partial charge in [0.25, 0.3) is 5.91 Å². The number of aromatic nitrogens is 2. The van der Waals surface area contributed by atoms with Crippen molar-refractivity contribution in [3.05, 3.63) is 17.5 Å². The minimum atomic E-state index is -0.111. The fourth-order valence-electron chi connectivity index (χ4n) is 1.59. The van der Waals surface area contributed by atoms with E-state index in [1.165, 1.54) is 0 Å². The summed E-state index contributed by atoms with van der Waals surface area (Å²) in [6.45, 7) is 2.85. The standard InChI is InChI=1S/C11H20N4O2/c1-8-10(6-15(2)14-8)11(16)13-5-4-9(12)7-17-3/h6,9H,4-5,7,12H2,1-3H3,(H,13,16). The molecule has 0 spiro atoms. The van der Waals surface area contributed by atoms with Crippen LogP contribution in [0, 0.1) is 6.92 Å². The maximum atomic E-state index is 11.8. The second kappa shape index (κ2) is 6.36. The molecule has 3 N–H and O–H groups in total. The van der Waals surface area contributed by atoms with Gasteiger partial charge in [-0.2, -0.15) is 5.10 Å². The summed E-state index contributed by atoms with van der Waals surface area (Å²) in [4.78, 5) is 11.8. The molecule has 0 aliphatic heterocycles. The average Bonchev–Trinajstić information content (AvgIpc) is 2.58. The van der Waals surface area contributed by atoms with Gasteiger partial charge in [0.1, 0.15) is 0 Å². The Bertz CT molecular complexity index is 376. The van der Waals surface area contributed by atoms with E-state index in [1.54, 1.807) is 25.0 Å². The van der Waals surface area contributed by atoms with Crippen molar-refractivity contribution in [2.75, 3.05) is 20.3 Å². The molecule has 6 nitrogen and oxygen atoms in total. The highest BCUT2D eigenvalue weighted by Gasteiger charge is 2.12. The molecule has 1 aromatic heterocycles. The van der Waals surface area contributed by atoms with Gasteiger partial charge in [-0.1, -0.05) is 0 Å². The smallest absolute Gasteiger partial charge is 0.254 e. The Morgan fingerprint density at radius 1 is 1.71 bits per heavy atom. The van der Waals surface area contributed by atoms with E-state index >= 15 is 0 Å². The molecule has 1 amide bonds. The third kappa shape index (κ3) is 4.16. The molecule has 1 unspecified atom stereocenters. The van der Waals surface area contributed by atoms with Crippen molar-refractivity contribution in [3.8, 4) is 0 Å². The minimum Gasteiger partial charge on any atom is -0.383 e. The second-order valence-electron chi connectivity index (χ2n) is 4.06. The van der Waals surface area contributed by atoms with E-state index in [2.05, 4.69) is 10.4 Å². The number of amides is 1. The molecule has 0 radical (unpaired) electrons. The Labute approximate surface area is 101 Å². The number of nitrogens with one attached hydrogen (secondary N) is 1. The SMILES string of the molecule is COCC(N)CCNC(=O)c1cn(C)nc1C. The normalized spacial score (nSPS) is 12.5. The van der Waals surface area contributed by atoms with Crippen LogP contribution in [-0.4, -0.2) is 42.0 Å². The molecule has 0 aromatic carbocycles. The molecule has 96 valence electrons. The molecule has 0 bridgehead atoms. The lowest BCUT2D eigenvalue weighted by molar-refractivity contribution is 0.0949. The van der Waals surface area contributed by atoms with Crippen molar-refractivity contribution in [2.45, 2.75) is 19.4 Å². The molecule has 6 heteroatoms. The highest BCUT2D eigenvalue weighted by molar-refractivity contribution is 5.94. The molecular formula is C11H20N4O2. The van der Waals surface area contributed by atoms with Crippen LogP contribution in [0.1, 0.15) is 22.5 Å². The van der Waals surface area contributed by atoms with Crippen LogP contribution >= 0.6 is 0 Å². The summed E-state index contributed by atoms with van der Waals surface area (Å²) in [6, 6.07) is -0.0460. The van der Waals surface area contributed by atoms with Gasteiger partial charge < -0.3 is 15.8 Å². The predicted molar refractivity (Wildman–Crippen MR) is 64.7 cm³/mol. The van der Waals surface area contributed by atoms with Crippen LogP contribution in [0.2, 0.25) is 0 Å². The van der Waals surface area contributed by atoms with Gasteiger partial charge >= 0.3 is 0 Å². The summed E-state index contributed by atoms with van der Waals surface area (Å²) in [5, 5.41) is 6.93. The van der Waals surface area contributed by atoms with Gasteiger partial charge in [-0.3, -0.25) is 9.48 Å². The van der Waals surface area contributed by atoms with Gasteiger partial charge in [-0.25, -0.2) is 0 Å². The maximum absolute atomic E-state index is 11.8. The van der Waals surface area contributed by atoms with E-state index in [0.717, 1.165) is 5.69 Å². The molecule has 0 fully saturated rings. The molecule has 1 aromatic rings. The predicted octanol–water partition coefficient (Wildman–Crippen LogP) is -0.178. The molecule has 0 saturated carbocycles. The van der Waals surface area contributed by atoms with Gasteiger partial charge in [-0.15, -0.1) is 0 Å². The number of nitrogens with two attached hydrogens (primary N) is 1. The van der Waals surface area contributed by atoms with E-state index in [9.17, 15) is 4.79 Å². The number of carbonyl (C=O) groups is 1. The lowest BCUT2D eigenvalue weighted by atomic mass is 10.2. The van der Waals surface area contributed by atoms with Crippen LogP contribution in [0.25, 0.3) is 0 Å². The summed E-state index contributed by atoms with van der Waals surface area (Å²) in [6.07, 6.45) is 2.40. The lowest BCUT2D eigenvalue weighted by Gasteiger charge is -2.10. The van der Waals surface area contributed by atoms with Crippen LogP contribution in [0.5, 0.6) is 0 Å². The molecular weight excluding hydrogens is 220 g/mol. The number of rotatable bonds is 6. The zero-order valence-electron chi connectivity index (χ0n) is 10.6. The lowest BCUT2D eigenvalue weighted by Crippen LogP contribution is -2.33. The summed E-state index contributed by atoms with van der Waals surface area (Å²) in [7, 11) is 3.40. The maximum Gasteiger partial charge on any atom is 0.254 e. The molecule has 1 heterocycles. The van der Waals surface area contributed by atoms with Crippen molar-refractivity contribution in [1.82, 2.24) is 15.1 Å². The first-order valence-corrected chi connectivity index (χ1v) is 5.57. The largest absolute Gasteiger partial charge is 0.383 e. The van der Waals surface area contributed by atoms with Gasteiger partial charge in [0.05, 0.1) is 17.9 Å². The van der Waals surface area contributed by atoms with Gasteiger partial charge in [0.15, 0.2) is 0 Å². The molecule has 1 rings (SSSR count). The van der Waals surface area contributed by atoms with Crippen LogP contribution in [-0.2, 0) is 11.8 Å². The van der Waals surface area contributed by atoms with Crippen molar-refractivity contribution in [1.29, 1.82) is 0 Å². The Morgan fingerprint density at radius 2 is 2.41 bits per heavy atom. The van der Waals surface area contributed by atoms with Crippen LogP contribution in [0.15, 0.2) is 6.20 Å². The first kappa shape index (κ1) is 13.7. The van der Waals surface area contributed by atoms with Gasteiger partial charge in [0, 0.05) is 32.9 Å². The fraction of sp³-hybridized carbons (Fsp3) is 0.636. The Morgan fingerprint density at radius 3 is 2.94 bits per heavy atom. The quantitative estimate of drug-likeness (QED) is 0.723. The van der Waals surface area contributed by atoms with Crippen molar-refractivity contribution in [2.24, 2.45) is 12.8 Å². The highest BCUT2D eigenvalue weighted by atomic mass is 16.5. The first-order chi connectivity index (χ1) is 8.04. The van der Waals surface area contributed by atoms with Gasteiger partial charge in [-0.05, 0) is 13.3 Å². The number of ether oxygens (including phenoxy) is 1. The van der Waals surface area contributed by atoms with E-state index in [4.69, 9.17) is 10.5 Å². The monoisotopic (exact) mass is 240 g/mol. The second-order valence-corrected chi connectivity index (χ2v) is 4.06. The molecule has 0 saturated heterocycles. The van der Waals surface area contributed by atoms with Crippen molar-refractivity contribution < 1.29 is 9.53 Å². The Balaban J connectivity index is 2.37. The first-order valence-electron chi connectivity index (χ1n) is 5.57. The number of carbonyl (C=O) groups excluding carboxylic acids is 1. The van der Waals surface area contributed by atoms with E-state index < -0.39 is 0 Å². The molecule has 0 aliphatic rings. The number of hydrogen-bond acceptors (Lipinski definition) is 4. The number of methoxy groups -OCH3 is 1. The Hall–Kier alpha value is -1.40. The average molecular weight is 240 g/mol. The van der Waals surface area contributed by atoms with Crippen molar-refractivity contribution >= 4 is 5.91 Å². The minimum absolute atomic E-state index is 0.0460. The van der Waals surface area contributed by atoms with E-state index in [-0.39, 0.29) is 11.9 Å². The van der Waals surface area contributed by atoms with E-state index in [1.807, 2.05) is 6.92 Å². The number of aryl methyl sites for hydroxylation is 2. The third-order valence-electron chi connectivity index (χ3n) is 2.44. The zero-order valence-corrected chi connectivity index (χ0v) is 10.6. The topological polar surface area (TPSA) is 82.2 Å². The van der Waals surface area contributed by atoms with Gasteiger partial charge in [0.2, 0.25) is 0 Å². The number of hydrogen-bond donors (Lipinski definition) is 2. The summed E-state index contributed by atoms with van der Waals surface area (Å²) in [5.74, 6) is -0.111. The zero-order chi connectivity index (χ0) is 12.8. The molecule has 0 aliphatic carbocycles. The van der Waals surface area contributed by atoms with E-state index in [0.29, 0.717) is 25.1 Å². The van der Waals surface area contributed by atoms with Crippen LogP contribution in [0.3, 0.4) is 0 Å². The summed E-state index contributed by atoms with van der Waals surface area (Å²) >= 11 is 0. The highest BCUT2D eigenvalue weighted by Crippen LogP contribution is 2.03. The summed E-state index contributed by atoms with van der Waals surface area (Å²) in [5.41, 5.74) is 7.08. The van der Waals surface area contributed by atoms with Crippen LogP contribution in [0.4, 0.5) is 0 Å². The molecule has 17 heavy (non-hydrogen) atoms. The Kier molecular flexibility index (Phi) is 5.11. The fourth-order valence-corrected chi connectivity index (χ4v) is 1.59. The van der Waals surface area contributed by atoms with Crippen LogP contribution < -0.4 is 11.1 Å². The van der Waals surface area contributed by atoms with Crippen molar-refractivity contribution in [3.63, 3.8) is 0 Å². The third-order valence-corrected chi connectivity index (χ3v) is 2.44.